The van der Waals surface area contributed by atoms with Crippen molar-refractivity contribution in [2.24, 2.45) is 11.8 Å². The first-order valence-electron chi connectivity index (χ1n) is 10.0. The average Bonchev–Trinajstić information content (AvgIpc) is 2.55. The van der Waals surface area contributed by atoms with Gasteiger partial charge in [-0.15, -0.1) is 0 Å². The van der Waals surface area contributed by atoms with Crippen LogP contribution in [-0.4, -0.2) is 42.9 Å². The van der Waals surface area contributed by atoms with Crippen molar-refractivity contribution in [3.8, 4) is 0 Å². The van der Waals surface area contributed by atoms with Crippen LogP contribution < -0.4 is 10.6 Å². The summed E-state index contributed by atoms with van der Waals surface area (Å²) in [5, 5.41) is 6.16. The van der Waals surface area contributed by atoms with E-state index in [0.29, 0.717) is 11.8 Å². The number of aryl methyl sites for hydroxylation is 3. The number of nitrogens with one attached hydrogen (secondary N) is 2. The Morgan fingerprint density at radius 3 is 2.26 bits per heavy atom. The summed E-state index contributed by atoms with van der Waals surface area (Å²) >= 11 is 0. The number of hydrogen-bond donors (Lipinski definition) is 2. The van der Waals surface area contributed by atoms with E-state index in [1.54, 1.807) is 11.9 Å². The molecule has 150 valence electrons. The standard InChI is InChI=1S/C22H35N3O2/c1-14-10-16(3)22(17(4)11-14)24-21(27)13-25(6)12-20(26)23-19-9-7-8-15(2)18(19)5/h10-11,15,18-19H,7-9,12-13H2,1-6H3,(H,23,26)(H,24,27)/t15-,18-,19+/m0/s1. The van der Waals surface area contributed by atoms with E-state index in [-0.39, 0.29) is 30.9 Å². The fourth-order valence-corrected chi connectivity index (χ4v) is 4.14. The summed E-state index contributed by atoms with van der Waals surface area (Å²) in [4.78, 5) is 26.5. The summed E-state index contributed by atoms with van der Waals surface area (Å²) in [5.74, 6) is 1.05. The quantitative estimate of drug-likeness (QED) is 0.803. The second kappa shape index (κ2) is 9.36. The van der Waals surface area contributed by atoms with E-state index in [4.69, 9.17) is 0 Å². The molecule has 1 saturated carbocycles. The molecule has 1 aliphatic rings. The zero-order chi connectivity index (χ0) is 20.1. The van der Waals surface area contributed by atoms with Gasteiger partial charge in [0.1, 0.15) is 0 Å². The van der Waals surface area contributed by atoms with E-state index in [2.05, 4.69) is 36.6 Å². The fourth-order valence-electron chi connectivity index (χ4n) is 4.14. The summed E-state index contributed by atoms with van der Waals surface area (Å²) in [7, 11) is 1.81. The monoisotopic (exact) mass is 373 g/mol. The molecule has 0 saturated heterocycles. The Labute approximate surface area is 163 Å². The van der Waals surface area contributed by atoms with Gasteiger partial charge in [0.25, 0.3) is 0 Å². The Bertz CT molecular complexity index is 663. The van der Waals surface area contributed by atoms with Gasteiger partial charge in [-0.2, -0.15) is 0 Å². The second-order valence-electron chi connectivity index (χ2n) is 8.44. The van der Waals surface area contributed by atoms with Gasteiger partial charge >= 0.3 is 0 Å². The van der Waals surface area contributed by atoms with Crippen molar-refractivity contribution in [1.82, 2.24) is 10.2 Å². The molecule has 27 heavy (non-hydrogen) atoms. The molecule has 1 fully saturated rings. The van der Waals surface area contributed by atoms with Gasteiger partial charge in [0, 0.05) is 11.7 Å². The molecule has 1 aliphatic carbocycles. The highest BCUT2D eigenvalue weighted by Crippen LogP contribution is 2.29. The topological polar surface area (TPSA) is 61.4 Å². The predicted molar refractivity (Wildman–Crippen MR) is 111 cm³/mol. The zero-order valence-corrected chi connectivity index (χ0v) is 17.7. The molecule has 1 aromatic rings. The molecule has 0 heterocycles. The lowest BCUT2D eigenvalue weighted by molar-refractivity contribution is -0.124. The van der Waals surface area contributed by atoms with E-state index < -0.39 is 0 Å². The van der Waals surface area contributed by atoms with Crippen LogP contribution in [0.4, 0.5) is 5.69 Å². The predicted octanol–water partition coefficient (Wildman–Crippen LogP) is 3.42. The third-order valence-corrected chi connectivity index (χ3v) is 5.82. The Morgan fingerprint density at radius 2 is 1.63 bits per heavy atom. The SMILES string of the molecule is Cc1cc(C)c(NC(=O)CN(C)CC(=O)N[C@@H]2CCC[C@H](C)[C@@H]2C)c(C)c1. The van der Waals surface area contributed by atoms with Crippen molar-refractivity contribution in [3.05, 3.63) is 28.8 Å². The number of carbonyl (C=O) groups excluding carboxylic acids is 2. The summed E-state index contributed by atoms with van der Waals surface area (Å²) in [6.45, 7) is 10.9. The van der Waals surface area contributed by atoms with Gasteiger partial charge in [-0.3, -0.25) is 14.5 Å². The van der Waals surface area contributed by atoms with Gasteiger partial charge in [0.05, 0.1) is 13.1 Å². The molecule has 0 radical (unpaired) electrons. The van der Waals surface area contributed by atoms with Crippen molar-refractivity contribution in [1.29, 1.82) is 0 Å². The lowest BCUT2D eigenvalue weighted by Gasteiger charge is -2.34. The van der Waals surface area contributed by atoms with Crippen molar-refractivity contribution in [2.45, 2.75) is 59.9 Å². The molecule has 5 heteroatoms. The largest absolute Gasteiger partial charge is 0.352 e. The number of nitrogens with zero attached hydrogens (tertiary/aromatic N) is 1. The highest BCUT2D eigenvalue weighted by atomic mass is 16.2. The fraction of sp³-hybridized carbons (Fsp3) is 0.636. The number of likely N-dealkylation sites (N-methyl/N-ethyl adjacent to an activating group) is 1. The van der Waals surface area contributed by atoms with Gasteiger partial charge in [-0.25, -0.2) is 0 Å². The van der Waals surface area contributed by atoms with E-state index in [1.165, 1.54) is 18.4 Å². The van der Waals surface area contributed by atoms with E-state index >= 15 is 0 Å². The Balaban J connectivity index is 1.83. The van der Waals surface area contributed by atoms with E-state index in [9.17, 15) is 9.59 Å². The van der Waals surface area contributed by atoms with E-state index in [1.807, 2.05) is 20.8 Å². The normalized spacial score (nSPS) is 22.6. The van der Waals surface area contributed by atoms with Crippen molar-refractivity contribution < 1.29 is 9.59 Å². The first kappa shape index (κ1) is 21.4. The summed E-state index contributed by atoms with van der Waals surface area (Å²) in [5.41, 5.74) is 4.17. The highest BCUT2D eigenvalue weighted by molar-refractivity contribution is 5.94. The van der Waals surface area contributed by atoms with Gasteiger partial charge in [0.15, 0.2) is 0 Å². The number of carbonyl (C=O) groups is 2. The lowest BCUT2D eigenvalue weighted by Crippen LogP contribution is -2.47. The first-order chi connectivity index (χ1) is 12.7. The van der Waals surface area contributed by atoms with Gasteiger partial charge < -0.3 is 10.6 Å². The molecule has 3 atom stereocenters. The molecule has 2 rings (SSSR count). The summed E-state index contributed by atoms with van der Waals surface area (Å²) < 4.78 is 0. The van der Waals surface area contributed by atoms with Crippen LogP contribution in [0.3, 0.4) is 0 Å². The van der Waals surface area contributed by atoms with Gasteiger partial charge in [-0.1, -0.05) is 44.4 Å². The Morgan fingerprint density at radius 1 is 1.04 bits per heavy atom. The highest BCUT2D eigenvalue weighted by Gasteiger charge is 2.28. The van der Waals surface area contributed by atoms with Crippen molar-refractivity contribution in [3.63, 3.8) is 0 Å². The second-order valence-corrected chi connectivity index (χ2v) is 8.44. The molecule has 0 spiro atoms. The minimum atomic E-state index is -0.0972. The van der Waals surface area contributed by atoms with Gasteiger partial charge in [0.2, 0.25) is 11.8 Å². The van der Waals surface area contributed by atoms with E-state index in [0.717, 1.165) is 23.2 Å². The van der Waals surface area contributed by atoms with Crippen LogP contribution in [0.15, 0.2) is 12.1 Å². The molecule has 5 nitrogen and oxygen atoms in total. The molecule has 2 N–H and O–H groups in total. The average molecular weight is 374 g/mol. The minimum Gasteiger partial charge on any atom is -0.352 e. The van der Waals surface area contributed by atoms with Crippen LogP contribution in [0.1, 0.15) is 49.8 Å². The molecule has 0 unspecified atom stereocenters. The molecule has 0 aliphatic heterocycles. The number of rotatable bonds is 6. The third kappa shape index (κ3) is 6.06. The van der Waals surface area contributed by atoms with Gasteiger partial charge in [-0.05, 0) is 57.2 Å². The number of anilines is 1. The zero-order valence-electron chi connectivity index (χ0n) is 17.7. The van der Waals surface area contributed by atoms with Crippen molar-refractivity contribution >= 4 is 17.5 Å². The third-order valence-electron chi connectivity index (χ3n) is 5.82. The summed E-state index contributed by atoms with van der Waals surface area (Å²) in [6.07, 6.45) is 3.46. The molecular formula is C22H35N3O2. The first-order valence-corrected chi connectivity index (χ1v) is 10.0. The number of hydrogen-bond acceptors (Lipinski definition) is 3. The lowest BCUT2D eigenvalue weighted by atomic mass is 9.78. The van der Waals surface area contributed by atoms with Crippen LogP contribution in [0.2, 0.25) is 0 Å². The van der Waals surface area contributed by atoms with Crippen LogP contribution in [0.25, 0.3) is 0 Å². The maximum Gasteiger partial charge on any atom is 0.238 e. The van der Waals surface area contributed by atoms with Crippen LogP contribution in [-0.2, 0) is 9.59 Å². The maximum atomic E-state index is 12.4. The molecule has 1 aromatic carbocycles. The Hall–Kier alpha value is -1.88. The molecular weight excluding hydrogens is 338 g/mol. The molecule has 0 aromatic heterocycles. The van der Waals surface area contributed by atoms with Crippen LogP contribution >= 0.6 is 0 Å². The molecule has 2 amide bonds. The number of amides is 2. The van der Waals surface area contributed by atoms with Crippen LogP contribution in [0.5, 0.6) is 0 Å². The maximum absolute atomic E-state index is 12.4. The Kier molecular flexibility index (Phi) is 7.42. The van der Waals surface area contributed by atoms with Crippen molar-refractivity contribution in [2.75, 3.05) is 25.5 Å². The minimum absolute atomic E-state index is 0.000975. The van der Waals surface area contributed by atoms with Crippen LogP contribution in [0, 0.1) is 32.6 Å². The smallest absolute Gasteiger partial charge is 0.238 e. The molecule has 0 bridgehead atoms. The number of benzene rings is 1. The summed E-state index contributed by atoms with van der Waals surface area (Å²) in [6, 6.07) is 4.37.